The molecule has 154 valence electrons. The van der Waals surface area contributed by atoms with Crippen LogP contribution in [0.1, 0.15) is 43.1 Å². The monoisotopic (exact) mass is 396 g/mol. The number of carbonyl (C=O) groups excluding carboxylic acids is 2. The number of hydrogen-bond acceptors (Lipinski definition) is 4. The van der Waals surface area contributed by atoms with E-state index >= 15 is 0 Å². The Morgan fingerprint density at radius 1 is 1.03 bits per heavy atom. The zero-order valence-corrected chi connectivity index (χ0v) is 17.6. The average molecular weight is 396 g/mol. The van der Waals surface area contributed by atoms with E-state index in [1.165, 1.54) is 5.56 Å². The maximum atomic E-state index is 12.6. The molecule has 6 nitrogen and oxygen atoms in total. The zero-order chi connectivity index (χ0) is 21.2. The van der Waals surface area contributed by atoms with Gasteiger partial charge in [-0.3, -0.25) is 9.59 Å². The van der Waals surface area contributed by atoms with Crippen LogP contribution in [0.5, 0.6) is 11.5 Å². The maximum Gasteiger partial charge on any atom is 0.251 e. The lowest BCUT2D eigenvalue weighted by atomic mass is 9.86. The molecule has 0 aliphatic carbocycles. The molecule has 6 heteroatoms. The summed E-state index contributed by atoms with van der Waals surface area (Å²) in [6.45, 7) is 6.82. The highest BCUT2D eigenvalue weighted by atomic mass is 16.5. The van der Waals surface area contributed by atoms with Gasteiger partial charge in [-0.25, -0.2) is 0 Å². The van der Waals surface area contributed by atoms with E-state index in [1.54, 1.807) is 31.3 Å². The minimum absolute atomic E-state index is 0.0345. The van der Waals surface area contributed by atoms with Crippen LogP contribution in [0.3, 0.4) is 0 Å². The van der Waals surface area contributed by atoms with E-state index in [-0.39, 0.29) is 29.7 Å². The molecular formula is C23H28N2O4. The molecule has 2 amide bonds. The fourth-order valence-electron chi connectivity index (χ4n) is 3.44. The van der Waals surface area contributed by atoms with E-state index in [0.29, 0.717) is 23.6 Å². The van der Waals surface area contributed by atoms with Crippen molar-refractivity contribution >= 4 is 17.5 Å². The van der Waals surface area contributed by atoms with Crippen LogP contribution >= 0.6 is 0 Å². The molecule has 1 aliphatic heterocycles. The van der Waals surface area contributed by atoms with Crippen molar-refractivity contribution < 1.29 is 19.1 Å². The Kier molecular flexibility index (Phi) is 5.82. The molecule has 1 fully saturated rings. The minimum atomic E-state index is -0.245. The first-order valence-electron chi connectivity index (χ1n) is 9.66. The summed E-state index contributed by atoms with van der Waals surface area (Å²) >= 11 is 0. The van der Waals surface area contributed by atoms with Crippen molar-refractivity contribution in [1.82, 2.24) is 5.32 Å². The quantitative estimate of drug-likeness (QED) is 0.839. The number of nitrogens with zero attached hydrogens (tertiary/aromatic N) is 1. The van der Waals surface area contributed by atoms with Crippen molar-refractivity contribution in [3.63, 3.8) is 0 Å². The first-order chi connectivity index (χ1) is 13.7. The standard InChI is InChI=1S/C23H28N2O4/c1-23(2,3)16-8-6-15(7-9-16)22(27)24-17-12-21(26)25(14-17)18-10-11-19(28-4)20(13-18)29-5/h6-11,13,17H,12,14H2,1-5H3,(H,24,27)/t17-/m0/s1. The molecule has 1 atom stereocenters. The molecule has 0 radical (unpaired) electrons. The van der Waals surface area contributed by atoms with E-state index < -0.39 is 0 Å². The fourth-order valence-corrected chi connectivity index (χ4v) is 3.44. The normalized spacial score (nSPS) is 16.7. The van der Waals surface area contributed by atoms with Gasteiger partial charge in [-0.1, -0.05) is 32.9 Å². The lowest BCUT2D eigenvalue weighted by molar-refractivity contribution is -0.117. The number of nitrogens with one attached hydrogen (secondary N) is 1. The average Bonchev–Trinajstić information content (AvgIpc) is 3.06. The third-order valence-corrected chi connectivity index (χ3v) is 5.15. The molecule has 0 spiro atoms. The van der Waals surface area contributed by atoms with Gasteiger partial charge in [-0.05, 0) is 35.2 Å². The Hall–Kier alpha value is -3.02. The molecule has 0 aromatic heterocycles. The van der Waals surface area contributed by atoms with E-state index in [1.807, 2.05) is 30.3 Å². The number of benzene rings is 2. The first kappa shape index (κ1) is 20.7. The number of hydrogen-bond donors (Lipinski definition) is 1. The van der Waals surface area contributed by atoms with Gasteiger partial charge in [0.25, 0.3) is 5.91 Å². The summed E-state index contributed by atoms with van der Waals surface area (Å²) in [7, 11) is 3.12. The Morgan fingerprint density at radius 2 is 1.69 bits per heavy atom. The third-order valence-electron chi connectivity index (χ3n) is 5.15. The topological polar surface area (TPSA) is 67.9 Å². The molecule has 1 saturated heterocycles. The summed E-state index contributed by atoms with van der Waals surface area (Å²) in [6.07, 6.45) is 0.264. The third kappa shape index (κ3) is 4.53. The highest BCUT2D eigenvalue weighted by Crippen LogP contribution is 2.33. The largest absolute Gasteiger partial charge is 0.493 e. The number of anilines is 1. The SMILES string of the molecule is COc1ccc(N2C[C@@H](NC(=O)c3ccc(C(C)(C)C)cc3)CC2=O)cc1OC. The first-order valence-corrected chi connectivity index (χ1v) is 9.66. The zero-order valence-electron chi connectivity index (χ0n) is 17.6. The second-order valence-electron chi connectivity index (χ2n) is 8.25. The van der Waals surface area contributed by atoms with E-state index in [2.05, 4.69) is 26.1 Å². The van der Waals surface area contributed by atoms with Crippen LogP contribution in [0.15, 0.2) is 42.5 Å². The van der Waals surface area contributed by atoms with Crippen LogP contribution in [0.25, 0.3) is 0 Å². The van der Waals surface area contributed by atoms with Crippen LogP contribution in [-0.4, -0.2) is 38.6 Å². The lowest BCUT2D eigenvalue weighted by Gasteiger charge is -2.20. The van der Waals surface area contributed by atoms with Gasteiger partial charge in [0.2, 0.25) is 5.91 Å². The Labute approximate surface area is 171 Å². The maximum absolute atomic E-state index is 12.6. The summed E-state index contributed by atoms with van der Waals surface area (Å²) in [6, 6.07) is 12.7. The van der Waals surface area contributed by atoms with E-state index in [9.17, 15) is 9.59 Å². The Bertz CT molecular complexity index is 900. The number of ether oxygens (including phenoxy) is 2. The van der Waals surface area contributed by atoms with Gasteiger partial charge in [0, 0.05) is 30.3 Å². The highest BCUT2D eigenvalue weighted by Gasteiger charge is 2.32. The smallest absolute Gasteiger partial charge is 0.251 e. The van der Waals surface area contributed by atoms with Crippen molar-refractivity contribution in [2.24, 2.45) is 0 Å². The molecule has 1 heterocycles. The van der Waals surface area contributed by atoms with Crippen LogP contribution in [0, 0.1) is 0 Å². The summed E-state index contributed by atoms with van der Waals surface area (Å²) in [5.74, 6) is 0.957. The molecule has 2 aromatic carbocycles. The Morgan fingerprint density at radius 3 is 2.28 bits per heavy atom. The second-order valence-corrected chi connectivity index (χ2v) is 8.25. The summed E-state index contributed by atoms with van der Waals surface area (Å²) < 4.78 is 10.6. The predicted molar refractivity (Wildman–Crippen MR) is 113 cm³/mol. The van der Waals surface area contributed by atoms with Crippen molar-refractivity contribution in [2.75, 3.05) is 25.7 Å². The van der Waals surface area contributed by atoms with Crippen molar-refractivity contribution in [2.45, 2.75) is 38.6 Å². The van der Waals surface area contributed by atoms with Gasteiger partial charge in [-0.2, -0.15) is 0 Å². The summed E-state index contributed by atoms with van der Waals surface area (Å²) in [5.41, 5.74) is 2.52. The number of carbonyl (C=O) groups is 2. The van der Waals surface area contributed by atoms with Crippen LogP contribution < -0.4 is 19.7 Å². The van der Waals surface area contributed by atoms with E-state index in [4.69, 9.17) is 9.47 Å². The van der Waals surface area contributed by atoms with Gasteiger partial charge >= 0.3 is 0 Å². The molecule has 0 unspecified atom stereocenters. The molecular weight excluding hydrogens is 368 g/mol. The fraction of sp³-hybridized carbons (Fsp3) is 0.391. The molecule has 1 N–H and O–H groups in total. The summed E-state index contributed by atoms with van der Waals surface area (Å²) in [5, 5.41) is 2.98. The van der Waals surface area contributed by atoms with Crippen LogP contribution in [0.4, 0.5) is 5.69 Å². The number of rotatable bonds is 5. The minimum Gasteiger partial charge on any atom is -0.493 e. The van der Waals surface area contributed by atoms with Gasteiger partial charge < -0.3 is 19.7 Å². The molecule has 0 bridgehead atoms. The van der Waals surface area contributed by atoms with Gasteiger partial charge in [0.1, 0.15) is 0 Å². The summed E-state index contributed by atoms with van der Waals surface area (Å²) in [4.78, 5) is 26.8. The predicted octanol–water partition coefficient (Wildman–Crippen LogP) is 3.54. The molecule has 29 heavy (non-hydrogen) atoms. The number of amides is 2. The van der Waals surface area contributed by atoms with Crippen LogP contribution in [0.2, 0.25) is 0 Å². The van der Waals surface area contributed by atoms with E-state index in [0.717, 1.165) is 5.69 Å². The van der Waals surface area contributed by atoms with Crippen LogP contribution in [-0.2, 0) is 10.2 Å². The van der Waals surface area contributed by atoms with Crippen molar-refractivity contribution in [1.29, 1.82) is 0 Å². The molecule has 2 aromatic rings. The lowest BCUT2D eigenvalue weighted by Crippen LogP contribution is -2.37. The van der Waals surface area contributed by atoms with Gasteiger partial charge in [0.15, 0.2) is 11.5 Å². The molecule has 3 rings (SSSR count). The molecule has 1 aliphatic rings. The Balaban J connectivity index is 1.68. The second kappa shape index (κ2) is 8.15. The van der Waals surface area contributed by atoms with Crippen molar-refractivity contribution in [3.05, 3.63) is 53.6 Å². The van der Waals surface area contributed by atoms with Crippen molar-refractivity contribution in [3.8, 4) is 11.5 Å². The highest BCUT2D eigenvalue weighted by molar-refractivity contribution is 5.99. The number of methoxy groups -OCH3 is 2. The molecule has 0 saturated carbocycles. The van der Waals surface area contributed by atoms with Gasteiger partial charge in [0.05, 0.1) is 20.3 Å². The van der Waals surface area contributed by atoms with Gasteiger partial charge in [-0.15, -0.1) is 0 Å².